The molecule has 2 rings (SSSR count). The molecule has 0 aromatic carbocycles. The van der Waals surface area contributed by atoms with E-state index in [1.54, 1.807) is 7.11 Å². The van der Waals surface area contributed by atoms with Crippen molar-refractivity contribution in [1.82, 2.24) is 14.9 Å². The molecule has 1 N–H and O–H groups in total. The Morgan fingerprint density at radius 3 is 3.11 bits per heavy atom. The molecule has 0 spiro atoms. The van der Waals surface area contributed by atoms with Crippen molar-refractivity contribution in [2.45, 2.75) is 32.4 Å². The third-order valence-electron chi connectivity index (χ3n) is 3.49. The van der Waals surface area contributed by atoms with Gasteiger partial charge in [-0.3, -0.25) is 0 Å². The van der Waals surface area contributed by atoms with Crippen LogP contribution in [0.1, 0.15) is 18.5 Å². The minimum absolute atomic E-state index is 0.568. The molecule has 0 aliphatic carbocycles. The van der Waals surface area contributed by atoms with Crippen LogP contribution in [-0.2, 0) is 11.3 Å². The second kappa shape index (κ2) is 6.20. The number of anilines is 1. The minimum Gasteiger partial charge on any atom is -0.383 e. The van der Waals surface area contributed by atoms with E-state index in [4.69, 9.17) is 4.74 Å². The van der Waals surface area contributed by atoms with E-state index in [9.17, 15) is 0 Å². The quantitative estimate of drug-likeness (QED) is 0.821. The molecule has 2 heterocycles. The molecule has 0 bridgehead atoms. The van der Waals surface area contributed by atoms with E-state index in [2.05, 4.69) is 32.9 Å². The fourth-order valence-corrected chi connectivity index (χ4v) is 2.66. The lowest BCUT2D eigenvalue weighted by Gasteiger charge is -2.26. The number of nitrogens with one attached hydrogen (secondary N) is 1. The van der Waals surface area contributed by atoms with Crippen LogP contribution >= 0.6 is 0 Å². The van der Waals surface area contributed by atoms with Gasteiger partial charge in [-0.25, -0.2) is 4.98 Å². The number of nitrogens with zero attached hydrogens (tertiary/aromatic N) is 3. The van der Waals surface area contributed by atoms with Gasteiger partial charge < -0.3 is 19.5 Å². The summed E-state index contributed by atoms with van der Waals surface area (Å²) in [6, 6.07) is 0.568. The standard InChI is InChI=1S/C13H24N4O/c1-11-10-16(7-8-18-3)13(15-11)17-6-4-5-12(17)9-14-2/h10,12,14H,4-9H2,1-3H3. The van der Waals surface area contributed by atoms with Gasteiger partial charge in [0.25, 0.3) is 0 Å². The Balaban J connectivity index is 2.15. The number of methoxy groups -OCH3 is 1. The summed E-state index contributed by atoms with van der Waals surface area (Å²) >= 11 is 0. The van der Waals surface area contributed by atoms with Crippen LogP contribution < -0.4 is 10.2 Å². The molecule has 1 unspecified atom stereocenters. The van der Waals surface area contributed by atoms with Crippen LogP contribution in [0.25, 0.3) is 0 Å². The van der Waals surface area contributed by atoms with Crippen molar-refractivity contribution < 1.29 is 4.74 Å². The van der Waals surface area contributed by atoms with E-state index in [0.29, 0.717) is 6.04 Å². The SMILES string of the molecule is CNCC1CCCN1c1nc(C)cn1CCOC. The maximum atomic E-state index is 5.17. The zero-order chi connectivity index (χ0) is 13.0. The van der Waals surface area contributed by atoms with Gasteiger partial charge in [0.15, 0.2) is 0 Å². The molecule has 1 atom stereocenters. The number of rotatable bonds is 6. The Bertz CT molecular complexity index is 377. The maximum Gasteiger partial charge on any atom is 0.206 e. The Hall–Kier alpha value is -1.07. The van der Waals surface area contributed by atoms with Crippen molar-refractivity contribution >= 4 is 5.95 Å². The molecule has 18 heavy (non-hydrogen) atoms. The first-order valence-electron chi connectivity index (χ1n) is 6.70. The minimum atomic E-state index is 0.568. The monoisotopic (exact) mass is 252 g/mol. The van der Waals surface area contributed by atoms with Gasteiger partial charge in [-0.15, -0.1) is 0 Å². The van der Waals surface area contributed by atoms with Crippen LogP contribution in [0.2, 0.25) is 0 Å². The van der Waals surface area contributed by atoms with Crippen LogP contribution in [0.3, 0.4) is 0 Å². The molecule has 5 nitrogen and oxygen atoms in total. The third kappa shape index (κ3) is 2.84. The highest BCUT2D eigenvalue weighted by atomic mass is 16.5. The molecule has 0 amide bonds. The van der Waals surface area contributed by atoms with Gasteiger partial charge in [0.2, 0.25) is 5.95 Å². The fraction of sp³-hybridized carbons (Fsp3) is 0.769. The summed E-state index contributed by atoms with van der Waals surface area (Å²) in [5.74, 6) is 1.10. The van der Waals surface area contributed by atoms with Gasteiger partial charge in [-0.05, 0) is 26.8 Å². The first-order valence-corrected chi connectivity index (χ1v) is 6.70. The van der Waals surface area contributed by atoms with Crippen molar-refractivity contribution in [2.75, 3.05) is 38.8 Å². The highest BCUT2D eigenvalue weighted by molar-refractivity contribution is 5.37. The number of hydrogen-bond donors (Lipinski definition) is 1. The number of ether oxygens (including phenoxy) is 1. The molecule has 1 aliphatic rings. The Morgan fingerprint density at radius 2 is 2.39 bits per heavy atom. The van der Waals surface area contributed by atoms with Crippen LogP contribution in [0.4, 0.5) is 5.95 Å². The van der Waals surface area contributed by atoms with Crippen molar-refractivity contribution in [2.24, 2.45) is 0 Å². The molecule has 0 radical (unpaired) electrons. The van der Waals surface area contributed by atoms with Crippen LogP contribution in [0.5, 0.6) is 0 Å². The van der Waals surface area contributed by atoms with Gasteiger partial charge in [0.05, 0.1) is 12.3 Å². The van der Waals surface area contributed by atoms with E-state index in [1.165, 1.54) is 12.8 Å². The summed E-state index contributed by atoms with van der Waals surface area (Å²) in [4.78, 5) is 7.11. The van der Waals surface area contributed by atoms with E-state index in [-0.39, 0.29) is 0 Å². The molecule has 0 saturated carbocycles. The smallest absolute Gasteiger partial charge is 0.206 e. The van der Waals surface area contributed by atoms with Gasteiger partial charge >= 0.3 is 0 Å². The lowest BCUT2D eigenvalue weighted by molar-refractivity contribution is 0.187. The third-order valence-corrected chi connectivity index (χ3v) is 3.49. The largest absolute Gasteiger partial charge is 0.383 e. The lowest BCUT2D eigenvalue weighted by atomic mass is 10.2. The van der Waals surface area contributed by atoms with Gasteiger partial charge in [0.1, 0.15) is 0 Å². The van der Waals surface area contributed by atoms with Crippen LogP contribution in [0, 0.1) is 6.92 Å². The van der Waals surface area contributed by atoms with E-state index in [0.717, 1.165) is 37.9 Å². The molecule has 102 valence electrons. The average Bonchev–Trinajstić information content (AvgIpc) is 2.93. The average molecular weight is 252 g/mol. The predicted molar refractivity (Wildman–Crippen MR) is 73.1 cm³/mol. The topological polar surface area (TPSA) is 42.3 Å². The summed E-state index contributed by atoms with van der Waals surface area (Å²) in [5, 5.41) is 3.28. The Labute approximate surface area is 109 Å². The highest BCUT2D eigenvalue weighted by Crippen LogP contribution is 2.24. The van der Waals surface area contributed by atoms with Crippen molar-refractivity contribution in [1.29, 1.82) is 0 Å². The molecular weight excluding hydrogens is 228 g/mol. The number of hydrogen-bond acceptors (Lipinski definition) is 4. The first kappa shape index (κ1) is 13.4. The zero-order valence-electron chi connectivity index (χ0n) is 11.6. The Morgan fingerprint density at radius 1 is 1.56 bits per heavy atom. The second-order valence-corrected chi connectivity index (χ2v) is 4.92. The van der Waals surface area contributed by atoms with E-state index in [1.807, 2.05) is 7.05 Å². The number of likely N-dealkylation sites (N-methyl/N-ethyl adjacent to an activating group) is 1. The fourth-order valence-electron chi connectivity index (χ4n) is 2.66. The van der Waals surface area contributed by atoms with E-state index < -0.39 is 0 Å². The maximum absolute atomic E-state index is 5.17. The molecular formula is C13H24N4O. The van der Waals surface area contributed by atoms with Crippen molar-refractivity contribution in [3.8, 4) is 0 Å². The van der Waals surface area contributed by atoms with Crippen molar-refractivity contribution in [3.05, 3.63) is 11.9 Å². The summed E-state index contributed by atoms with van der Waals surface area (Å²) in [6.07, 6.45) is 4.61. The summed E-state index contributed by atoms with van der Waals surface area (Å²) in [7, 11) is 3.75. The number of aryl methyl sites for hydroxylation is 1. The Kier molecular flexibility index (Phi) is 4.60. The number of aromatic nitrogens is 2. The molecule has 1 aliphatic heterocycles. The predicted octanol–water partition coefficient (Wildman–Crippen LogP) is 1.03. The second-order valence-electron chi connectivity index (χ2n) is 4.92. The van der Waals surface area contributed by atoms with Crippen LogP contribution in [-0.4, -0.2) is 49.4 Å². The molecule has 1 fully saturated rings. The zero-order valence-corrected chi connectivity index (χ0v) is 11.6. The molecule has 1 aromatic heterocycles. The van der Waals surface area contributed by atoms with Crippen molar-refractivity contribution in [3.63, 3.8) is 0 Å². The molecule has 5 heteroatoms. The highest BCUT2D eigenvalue weighted by Gasteiger charge is 2.27. The first-order chi connectivity index (χ1) is 8.76. The van der Waals surface area contributed by atoms with E-state index >= 15 is 0 Å². The molecule has 1 saturated heterocycles. The van der Waals surface area contributed by atoms with Crippen LogP contribution in [0.15, 0.2) is 6.20 Å². The summed E-state index contributed by atoms with van der Waals surface area (Å²) in [6.45, 7) is 5.78. The summed E-state index contributed by atoms with van der Waals surface area (Å²) < 4.78 is 7.38. The normalized spacial score (nSPS) is 19.7. The van der Waals surface area contributed by atoms with Gasteiger partial charge in [-0.1, -0.05) is 0 Å². The lowest BCUT2D eigenvalue weighted by Crippen LogP contribution is -2.38. The van der Waals surface area contributed by atoms with Gasteiger partial charge in [-0.2, -0.15) is 0 Å². The van der Waals surface area contributed by atoms with Gasteiger partial charge in [0, 0.05) is 39.0 Å². The molecule has 1 aromatic rings. The number of imidazole rings is 1. The summed E-state index contributed by atoms with van der Waals surface area (Å²) in [5.41, 5.74) is 1.08.